The third kappa shape index (κ3) is 6.82. The predicted octanol–water partition coefficient (Wildman–Crippen LogP) is 6.52. The first-order valence-corrected chi connectivity index (χ1v) is 12.8. The molecule has 0 bridgehead atoms. The predicted molar refractivity (Wildman–Crippen MR) is 131 cm³/mol. The molecule has 1 aromatic carbocycles. The van der Waals surface area contributed by atoms with E-state index in [9.17, 15) is 9.59 Å². The van der Waals surface area contributed by atoms with Crippen LogP contribution >= 0.6 is 0 Å². The van der Waals surface area contributed by atoms with Gasteiger partial charge in [0.25, 0.3) is 5.91 Å². The number of aryl methyl sites for hydroxylation is 1. The van der Waals surface area contributed by atoms with Crippen molar-refractivity contribution in [1.29, 1.82) is 0 Å². The quantitative estimate of drug-likeness (QED) is 0.477. The van der Waals surface area contributed by atoms with E-state index in [0.717, 1.165) is 62.5 Å². The number of rotatable bonds is 8. The molecule has 0 spiro atoms. The lowest BCUT2D eigenvalue weighted by atomic mass is 9.88. The molecule has 0 heterocycles. The minimum atomic E-state index is -0.329. The van der Waals surface area contributed by atoms with E-state index in [2.05, 4.69) is 12.2 Å². The van der Waals surface area contributed by atoms with Crippen LogP contribution in [-0.4, -0.2) is 35.3 Å². The van der Waals surface area contributed by atoms with Gasteiger partial charge in [-0.1, -0.05) is 77.5 Å². The van der Waals surface area contributed by atoms with Gasteiger partial charge in [-0.2, -0.15) is 0 Å². The van der Waals surface area contributed by atoms with Crippen molar-refractivity contribution >= 4 is 11.8 Å². The maximum atomic E-state index is 13.8. The summed E-state index contributed by atoms with van der Waals surface area (Å²) in [6.45, 7) is 8.84. The van der Waals surface area contributed by atoms with Gasteiger partial charge in [-0.25, -0.2) is 0 Å². The van der Waals surface area contributed by atoms with Crippen LogP contribution in [-0.2, 0) is 4.79 Å². The van der Waals surface area contributed by atoms with Gasteiger partial charge in [0.15, 0.2) is 0 Å². The molecule has 1 atom stereocenters. The van der Waals surface area contributed by atoms with Crippen LogP contribution in [0.4, 0.5) is 0 Å². The highest BCUT2D eigenvalue weighted by Gasteiger charge is 2.41. The van der Waals surface area contributed by atoms with E-state index in [-0.39, 0.29) is 31.2 Å². The van der Waals surface area contributed by atoms with Gasteiger partial charge in [0.05, 0.1) is 0 Å². The van der Waals surface area contributed by atoms with Gasteiger partial charge >= 0.3 is 0 Å². The van der Waals surface area contributed by atoms with Crippen LogP contribution in [0.1, 0.15) is 109 Å². The molecule has 0 aliphatic heterocycles. The average molecular weight is 431 g/mol. The molecular formula is C27H46N2O2. The van der Waals surface area contributed by atoms with Crippen LogP contribution in [0.5, 0.6) is 0 Å². The van der Waals surface area contributed by atoms with Gasteiger partial charge < -0.3 is 10.2 Å². The van der Waals surface area contributed by atoms with E-state index < -0.39 is 0 Å². The van der Waals surface area contributed by atoms with Crippen LogP contribution in [0.3, 0.4) is 0 Å². The van der Waals surface area contributed by atoms with E-state index in [1.807, 2.05) is 49.9 Å². The molecule has 0 radical (unpaired) electrons. The van der Waals surface area contributed by atoms with Crippen LogP contribution in [0.2, 0.25) is 0 Å². The molecule has 2 aliphatic carbocycles. The molecule has 1 unspecified atom stereocenters. The monoisotopic (exact) mass is 430 g/mol. The summed E-state index contributed by atoms with van der Waals surface area (Å²) in [5, 5.41) is 3.17. The summed E-state index contributed by atoms with van der Waals surface area (Å²) >= 11 is 0. The van der Waals surface area contributed by atoms with Crippen molar-refractivity contribution in [2.45, 2.75) is 110 Å². The van der Waals surface area contributed by atoms with Crippen molar-refractivity contribution in [3.63, 3.8) is 0 Å². The van der Waals surface area contributed by atoms with Crippen molar-refractivity contribution in [1.82, 2.24) is 10.2 Å². The fourth-order valence-electron chi connectivity index (χ4n) is 5.16. The molecule has 2 saturated carbocycles. The van der Waals surface area contributed by atoms with Gasteiger partial charge in [0.1, 0.15) is 6.04 Å². The number of hydrogen-bond acceptors (Lipinski definition) is 2. The summed E-state index contributed by atoms with van der Waals surface area (Å²) in [6.07, 6.45) is 12.0. The number of unbranched alkanes of at least 4 members (excludes halogenated alkanes) is 1. The summed E-state index contributed by atoms with van der Waals surface area (Å²) in [5.74, 6) is 0.405. The minimum Gasteiger partial charge on any atom is -0.354 e. The lowest BCUT2D eigenvalue weighted by Crippen LogP contribution is -2.57. The Morgan fingerprint density at radius 3 is 2.26 bits per heavy atom. The van der Waals surface area contributed by atoms with Crippen molar-refractivity contribution < 1.29 is 11.0 Å². The minimum absolute atomic E-state index is 0. The Kier molecular flexibility index (Phi) is 11.1. The molecule has 0 saturated heterocycles. The summed E-state index contributed by atoms with van der Waals surface area (Å²) in [6, 6.07) is 7.68. The first kappa shape index (κ1) is 25.4. The molecule has 176 valence electrons. The van der Waals surface area contributed by atoms with Crippen LogP contribution < -0.4 is 5.32 Å². The number of carbonyl (C=O) groups excluding carboxylic acids is 2. The summed E-state index contributed by atoms with van der Waals surface area (Å²) in [5.41, 5.74) is 1.75. The molecule has 2 aliphatic rings. The number of amides is 2. The van der Waals surface area contributed by atoms with Gasteiger partial charge in [-0.15, -0.1) is 0 Å². The topological polar surface area (TPSA) is 49.4 Å². The van der Waals surface area contributed by atoms with Crippen molar-refractivity contribution in [2.24, 2.45) is 5.92 Å². The van der Waals surface area contributed by atoms with E-state index >= 15 is 0 Å². The zero-order valence-corrected chi connectivity index (χ0v) is 20.3. The normalized spacial score (nSPS) is 18.1. The highest BCUT2D eigenvalue weighted by Crippen LogP contribution is 2.35. The summed E-state index contributed by atoms with van der Waals surface area (Å²) in [7, 11) is 0. The van der Waals surface area contributed by atoms with E-state index in [4.69, 9.17) is 0 Å². The summed E-state index contributed by atoms with van der Waals surface area (Å²) in [4.78, 5) is 29.3. The standard InChI is InChI=1S/C25H38N2O2.C2H6.H2/c1-3-4-18-26-24(28)23(20-13-9-10-14-20)27(21-15-6-5-7-16-21)25(29)22-17-11-8-12-19(22)2;1-2;/h8,11-12,17,20-21,23H,3-7,9-10,13-16,18H2,1-2H3,(H,26,28);1-2H3;1H. The first-order chi connectivity index (χ1) is 15.1. The van der Waals surface area contributed by atoms with Gasteiger partial charge in [0.2, 0.25) is 5.91 Å². The van der Waals surface area contributed by atoms with E-state index in [1.54, 1.807) is 0 Å². The second-order valence-corrected chi connectivity index (χ2v) is 8.95. The summed E-state index contributed by atoms with van der Waals surface area (Å²) < 4.78 is 0. The maximum absolute atomic E-state index is 13.8. The molecule has 4 nitrogen and oxygen atoms in total. The lowest BCUT2D eigenvalue weighted by molar-refractivity contribution is -0.128. The third-order valence-corrected chi connectivity index (χ3v) is 6.82. The van der Waals surface area contributed by atoms with Gasteiger partial charge in [0, 0.05) is 19.6 Å². The Morgan fingerprint density at radius 1 is 1.03 bits per heavy atom. The second kappa shape index (κ2) is 13.5. The van der Waals surface area contributed by atoms with E-state index in [1.165, 1.54) is 19.3 Å². The molecule has 0 aromatic heterocycles. The third-order valence-electron chi connectivity index (χ3n) is 6.82. The zero-order chi connectivity index (χ0) is 22.6. The molecule has 1 N–H and O–H groups in total. The van der Waals surface area contributed by atoms with E-state index in [0.29, 0.717) is 6.54 Å². The second-order valence-electron chi connectivity index (χ2n) is 8.95. The lowest BCUT2D eigenvalue weighted by Gasteiger charge is -2.42. The molecule has 4 heteroatoms. The smallest absolute Gasteiger partial charge is 0.255 e. The fourth-order valence-corrected chi connectivity index (χ4v) is 5.16. The maximum Gasteiger partial charge on any atom is 0.255 e. The van der Waals surface area contributed by atoms with Crippen molar-refractivity contribution in [2.75, 3.05) is 6.54 Å². The number of nitrogens with zero attached hydrogens (tertiary/aromatic N) is 1. The van der Waals surface area contributed by atoms with Crippen molar-refractivity contribution in [3.05, 3.63) is 35.4 Å². The Labute approximate surface area is 191 Å². The number of hydrogen-bond donors (Lipinski definition) is 1. The largest absolute Gasteiger partial charge is 0.354 e. The molecule has 1 aromatic rings. The molecular weight excluding hydrogens is 384 g/mol. The van der Waals surface area contributed by atoms with Crippen LogP contribution in [0.25, 0.3) is 0 Å². The Morgan fingerprint density at radius 2 is 1.65 bits per heavy atom. The number of carbonyl (C=O) groups is 2. The number of benzene rings is 1. The Balaban J connectivity index is 0.00000166. The van der Waals surface area contributed by atoms with Crippen molar-refractivity contribution in [3.8, 4) is 0 Å². The molecule has 3 rings (SSSR count). The Hall–Kier alpha value is -1.84. The van der Waals surface area contributed by atoms with Gasteiger partial charge in [-0.3, -0.25) is 9.59 Å². The molecule has 2 amide bonds. The highest BCUT2D eigenvalue weighted by molar-refractivity contribution is 5.99. The average Bonchev–Trinajstić information content (AvgIpc) is 3.33. The van der Waals surface area contributed by atoms with Crippen LogP contribution in [0, 0.1) is 12.8 Å². The fraction of sp³-hybridized carbons (Fsp3) is 0.704. The Bertz CT molecular complexity index is 682. The SMILES string of the molecule is CC.CCCCNC(=O)C(C1CCCC1)N(C(=O)c1ccccc1C)C1CCCCC1.[HH]. The molecule has 2 fully saturated rings. The highest BCUT2D eigenvalue weighted by atomic mass is 16.2. The first-order valence-electron chi connectivity index (χ1n) is 12.8. The number of nitrogens with one attached hydrogen (secondary N) is 1. The molecule has 31 heavy (non-hydrogen) atoms. The zero-order valence-electron chi connectivity index (χ0n) is 20.3. The van der Waals surface area contributed by atoms with Crippen LogP contribution in [0.15, 0.2) is 24.3 Å². The van der Waals surface area contributed by atoms with Gasteiger partial charge in [-0.05, 0) is 56.6 Å².